The van der Waals surface area contributed by atoms with Gasteiger partial charge in [-0.3, -0.25) is 0 Å². The average molecular weight is 485 g/mol. The van der Waals surface area contributed by atoms with Crippen molar-refractivity contribution in [2.75, 3.05) is 0 Å². The highest BCUT2D eigenvalue weighted by Crippen LogP contribution is 2.20. The largest absolute Gasteiger partial charge is 0.488 e. The van der Waals surface area contributed by atoms with Crippen LogP contribution in [0.15, 0.2) is 134 Å². The monoisotopic (exact) mass is 484 g/mol. The zero-order chi connectivity index (χ0) is 23.2. The Balaban J connectivity index is 0.000000178. The Bertz CT molecular complexity index is 1030. The summed E-state index contributed by atoms with van der Waals surface area (Å²) in [6.45, 7) is 7.84. The standard InChI is InChI=1S/C14H12.C8H7Br.C6H7BO2/c1-12(13-8-4-2-5-9-13)14-10-6-3-7-11-14;1-7(9)8-5-3-2-4-6-8;8-7(9)6-4-2-1-3-5-6/h2-11H,1H2;2-6H,1H2;1-5,8-9H. The van der Waals surface area contributed by atoms with Crippen LogP contribution in [0, 0.1) is 0 Å². The van der Waals surface area contributed by atoms with Gasteiger partial charge in [0.1, 0.15) is 0 Å². The second kappa shape index (κ2) is 14.0. The molecule has 0 aliphatic rings. The third-order valence-corrected chi connectivity index (χ3v) is 4.89. The SMILES string of the molecule is C=C(Br)c1ccccc1.C=C(c1ccccc1)c1ccccc1.OB(O)c1ccccc1. The van der Waals surface area contributed by atoms with Gasteiger partial charge in [0.25, 0.3) is 0 Å². The third-order valence-electron chi connectivity index (χ3n) is 4.43. The highest BCUT2D eigenvalue weighted by atomic mass is 79.9. The van der Waals surface area contributed by atoms with Gasteiger partial charge in [-0.25, -0.2) is 0 Å². The molecule has 0 unspecified atom stereocenters. The summed E-state index contributed by atoms with van der Waals surface area (Å²) in [6, 6.07) is 39.1. The van der Waals surface area contributed by atoms with E-state index in [4.69, 9.17) is 10.0 Å². The minimum Gasteiger partial charge on any atom is -0.423 e. The minimum atomic E-state index is -1.34. The molecule has 0 radical (unpaired) electrons. The molecule has 32 heavy (non-hydrogen) atoms. The Morgan fingerprint density at radius 1 is 0.531 bits per heavy atom. The Morgan fingerprint density at radius 3 is 1.09 bits per heavy atom. The first-order valence-electron chi connectivity index (χ1n) is 10.1. The molecular formula is C28H26BBrO2. The number of rotatable bonds is 4. The quantitative estimate of drug-likeness (QED) is 0.340. The summed E-state index contributed by atoms with van der Waals surface area (Å²) in [7, 11) is -1.34. The summed E-state index contributed by atoms with van der Waals surface area (Å²) in [5.41, 5.74) is 5.10. The van der Waals surface area contributed by atoms with Crippen molar-refractivity contribution in [3.63, 3.8) is 0 Å². The van der Waals surface area contributed by atoms with Crippen LogP contribution in [0.1, 0.15) is 16.7 Å². The molecule has 2 nitrogen and oxygen atoms in total. The van der Waals surface area contributed by atoms with Gasteiger partial charge in [0.15, 0.2) is 0 Å². The van der Waals surface area contributed by atoms with E-state index >= 15 is 0 Å². The van der Waals surface area contributed by atoms with Crippen molar-refractivity contribution in [2.45, 2.75) is 0 Å². The lowest BCUT2D eigenvalue weighted by molar-refractivity contribution is 0.426. The summed E-state index contributed by atoms with van der Waals surface area (Å²) in [4.78, 5) is 0. The van der Waals surface area contributed by atoms with Gasteiger partial charge >= 0.3 is 7.12 Å². The molecule has 0 fully saturated rings. The highest BCUT2D eigenvalue weighted by Gasteiger charge is 2.07. The zero-order valence-electron chi connectivity index (χ0n) is 17.8. The molecule has 0 aromatic heterocycles. The van der Waals surface area contributed by atoms with E-state index in [1.54, 1.807) is 24.3 Å². The second-order valence-corrected chi connectivity index (χ2v) is 7.72. The summed E-state index contributed by atoms with van der Waals surface area (Å²) < 4.78 is 0.933. The highest BCUT2D eigenvalue weighted by molar-refractivity contribution is 9.15. The molecule has 0 amide bonds. The van der Waals surface area contributed by atoms with Crippen LogP contribution in [0.25, 0.3) is 10.1 Å². The maximum atomic E-state index is 8.58. The van der Waals surface area contributed by atoms with E-state index in [2.05, 4.69) is 53.4 Å². The predicted molar refractivity (Wildman–Crippen MR) is 142 cm³/mol. The molecule has 0 aliphatic carbocycles. The number of halogens is 1. The van der Waals surface area contributed by atoms with Crippen LogP contribution in [-0.4, -0.2) is 17.2 Å². The first-order chi connectivity index (χ1) is 15.5. The smallest absolute Gasteiger partial charge is 0.423 e. The van der Waals surface area contributed by atoms with Crippen LogP contribution in [0.5, 0.6) is 0 Å². The van der Waals surface area contributed by atoms with Crippen molar-refractivity contribution in [1.82, 2.24) is 0 Å². The fourth-order valence-corrected chi connectivity index (χ4v) is 2.95. The summed E-state index contributed by atoms with van der Waals surface area (Å²) in [6.07, 6.45) is 0. The van der Waals surface area contributed by atoms with Gasteiger partial charge in [-0.15, -0.1) is 0 Å². The average Bonchev–Trinajstić information content (AvgIpc) is 2.86. The van der Waals surface area contributed by atoms with Gasteiger partial charge in [0.2, 0.25) is 0 Å². The van der Waals surface area contributed by atoms with Gasteiger partial charge in [0, 0.05) is 4.48 Å². The van der Waals surface area contributed by atoms with Crippen molar-refractivity contribution < 1.29 is 10.0 Å². The number of hydrogen-bond donors (Lipinski definition) is 2. The minimum absolute atomic E-state index is 0.525. The zero-order valence-corrected chi connectivity index (χ0v) is 19.4. The predicted octanol–water partition coefficient (Wildman–Crippen LogP) is 6.17. The van der Waals surface area contributed by atoms with E-state index in [1.807, 2.05) is 72.8 Å². The molecule has 0 aliphatic heterocycles. The van der Waals surface area contributed by atoms with Crippen LogP contribution in [0.2, 0.25) is 0 Å². The Kier molecular flexibility index (Phi) is 11.0. The van der Waals surface area contributed by atoms with Gasteiger partial charge in [-0.2, -0.15) is 0 Å². The summed E-state index contributed by atoms with van der Waals surface area (Å²) in [5, 5.41) is 17.2. The molecule has 4 aromatic carbocycles. The second-order valence-electron chi connectivity index (χ2n) is 6.77. The van der Waals surface area contributed by atoms with Crippen LogP contribution in [-0.2, 0) is 0 Å². The lowest BCUT2D eigenvalue weighted by Gasteiger charge is -2.04. The molecule has 0 saturated carbocycles. The van der Waals surface area contributed by atoms with Crippen molar-refractivity contribution in [3.8, 4) is 0 Å². The molecule has 0 spiro atoms. The molecule has 2 N–H and O–H groups in total. The first kappa shape index (κ1) is 25.1. The maximum Gasteiger partial charge on any atom is 0.488 e. The Hall–Kier alpha value is -3.18. The summed E-state index contributed by atoms with van der Waals surface area (Å²) in [5.74, 6) is 0. The number of benzene rings is 4. The molecule has 0 heterocycles. The van der Waals surface area contributed by atoms with Gasteiger partial charge in [0.05, 0.1) is 0 Å². The Morgan fingerprint density at radius 2 is 0.844 bits per heavy atom. The molecule has 0 saturated heterocycles. The molecule has 4 heteroatoms. The molecule has 0 atom stereocenters. The third kappa shape index (κ3) is 8.90. The van der Waals surface area contributed by atoms with Crippen molar-refractivity contribution >= 4 is 38.6 Å². The van der Waals surface area contributed by atoms with E-state index in [9.17, 15) is 0 Å². The lowest BCUT2D eigenvalue weighted by atomic mass is 9.81. The molecule has 0 bridgehead atoms. The fraction of sp³-hybridized carbons (Fsp3) is 0. The fourth-order valence-electron chi connectivity index (χ4n) is 2.69. The maximum absolute atomic E-state index is 8.58. The van der Waals surface area contributed by atoms with Gasteiger partial charge in [-0.05, 0) is 27.7 Å². The first-order valence-corrected chi connectivity index (χ1v) is 10.9. The van der Waals surface area contributed by atoms with Gasteiger partial charge in [-0.1, -0.05) is 150 Å². The van der Waals surface area contributed by atoms with Crippen LogP contribution in [0.3, 0.4) is 0 Å². The number of hydrogen-bond acceptors (Lipinski definition) is 2. The normalized spacial score (nSPS) is 9.34. The van der Waals surface area contributed by atoms with Crippen molar-refractivity contribution in [3.05, 3.63) is 151 Å². The van der Waals surface area contributed by atoms with Crippen molar-refractivity contribution in [2.24, 2.45) is 0 Å². The molecule has 160 valence electrons. The van der Waals surface area contributed by atoms with E-state index < -0.39 is 7.12 Å². The van der Waals surface area contributed by atoms with Crippen LogP contribution in [0.4, 0.5) is 0 Å². The van der Waals surface area contributed by atoms with Gasteiger partial charge < -0.3 is 10.0 Å². The lowest BCUT2D eigenvalue weighted by Crippen LogP contribution is -2.29. The van der Waals surface area contributed by atoms with Crippen LogP contribution >= 0.6 is 15.9 Å². The molecule has 4 rings (SSSR count). The van der Waals surface area contributed by atoms with Crippen molar-refractivity contribution in [1.29, 1.82) is 0 Å². The van der Waals surface area contributed by atoms with E-state index in [0.29, 0.717) is 5.46 Å². The topological polar surface area (TPSA) is 40.5 Å². The molecular weight excluding hydrogens is 459 g/mol. The van der Waals surface area contributed by atoms with E-state index in [0.717, 1.165) is 15.6 Å². The summed E-state index contributed by atoms with van der Waals surface area (Å²) >= 11 is 3.29. The Labute approximate surface area is 199 Å². The van der Waals surface area contributed by atoms with E-state index in [-0.39, 0.29) is 0 Å². The van der Waals surface area contributed by atoms with Crippen LogP contribution < -0.4 is 5.46 Å². The molecule has 4 aromatic rings. The van der Waals surface area contributed by atoms with E-state index in [1.165, 1.54) is 11.1 Å².